The van der Waals surface area contributed by atoms with Crippen LogP contribution in [0.25, 0.3) is 10.9 Å². The van der Waals surface area contributed by atoms with E-state index in [2.05, 4.69) is 30.1 Å². The molecule has 3 nitrogen and oxygen atoms in total. The summed E-state index contributed by atoms with van der Waals surface area (Å²) in [6.45, 7) is 4.75. The first kappa shape index (κ1) is 15.3. The number of aromatic nitrogens is 1. The lowest BCUT2D eigenvalue weighted by molar-refractivity contribution is -0.129. The van der Waals surface area contributed by atoms with Gasteiger partial charge in [0.1, 0.15) is 0 Å². The maximum Gasteiger partial charge on any atom is 0.227 e. The van der Waals surface area contributed by atoms with Gasteiger partial charge in [-0.25, -0.2) is 0 Å². The lowest BCUT2D eigenvalue weighted by Crippen LogP contribution is -2.27. The summed E-state index contributed by atoms with van der Waals surface area (Å²) in [4.78, 5) is 17.8. The summed E-state index contributed by atoms with van der Waals surface area (Å²) in [5, 5.41) is 1.16. The first-order chi connectivity index (χ1) is 11.0. The van der Waals surface area contributed by atoms with E-state index in [9.17, 15) is 4.79 Å². The average Bonchev–Trinajstić information content (AvgIpc) is 2.84. The summed E-state index contributed by atoms with van der Waals surface area (Å²) >= 11 is 0. The smallest absolute Gasteiger partial charge is 0.227 e. The van der Waals surface area contributed by atoms with Crippen molar-refractivity contribution in [1.29, 1.82) is 0 Å². The van der Waals surface area contributed by atoms with Gasteiger partial charge in [-0.2, -0.15) is 0 Å². The Hall–Kier alpha value is -2.55. The van der Waals surface area contributed by atoms with Crippen LogP contribution in [0.3, 0.4) is 0 Å². The van der Waals surface area contributed by atoms with E-state index in [-0.39, 0.29) is 5.91 Å². The zero-order valence-corrected chi connectivity index (χ0v) is 13.9. The molecule has 0 bridgehead atoms. The molecule has 1 amide bonds. The lowest BCUT2D eigenvalue weighted by atomic mass is 10.1. The molecule has 3 heteroatoms. The summed E-state index contributed by atoms with van der Waals surface area (Å²) in [7, 11) is 1.87. The summed E-state index contributed by atoms with van der Waals surface area (Å²) in [5.74, 6) is 0.138. The van der Waals surface area contributed by atoms with Gasteiger partial charge in [0, 0.05) is 30.2 Å². The maximum absolute atomic E-state index is 12.6. The zero-order valence-electron chi connectivity index (χ0n) is 13.9. The predicted octanol–water partition coefficient (Wildman–Crippen LogP) is 3.99. The van der Waals surface area contributed by atoms with Crippen molar-refractivity contribution in [3.63, 3.8) is 0 Å². The highest BCUT2D eigenvalue weighted by Gasteiger charge is 2.15. The Morgan fingerprint density at radius 1 is 1.09 bits per heavy atom. The molecule has 0 saturated heterocycles. The number of nitrogens with one attached hydrogen (secondary N) is 1. The number of hydrogen-bond donors (Lipinski definition) is 1. The average molecular weight is 306 g/mol. The van der Waals surface area contributed by atoms with Gasteiger partial charge in [-0.15, -0.1) is 0 Å². The maximum atomic E-state index is 12.6. The number of aromatic amines is 1. The number of rotatable bonds is 4. The van der Waals surface area contributed by atoms with Crippen LogP contribution in [0.1, 0.15) is 22.4 Å². The van der Waals surface area contributed by atoms with E-state index in [4.69, 9.17) is 0 Å². The van der Waals surface area contributed by atoms with Crippen LogP contribution in [0.2, 0.25) is 0 Å². The fourth-order valence-electron chi connectivity index (χ4n) is 2.96. The molecule has 0 aliphatic heterocycles. The molecule has 0 radical (unpaired) electrons. The first-order valence-electron chi connectivity index (χ1n) is 7.90. The number of hydrogen-bond acceptors (Lipinski definition) is 1. The van der Waals surface area contributed by atoms with E-state index in [1.165, 1.54) is 5.56 Å². The molecule has 0 aliphatic rings. The molecule has 0 saturated carbocycles. The second-order valence-corrected chi connectivity index (χ2v) is 6.19. The molecule has 0 fully saturated rings. The van der Waals surface area contributed by atoms with Crippen molar-refractivity contribution in [2.24, 2.45) is 0 Å². The van der Waals surface area contributed by atoms with Crippen molar-refractivity contribution < 1.29 is 4.79 Å². The number of aryl methyl sites for hydroxylation is 2. The molecule has 0 spiro atoms. The van der Waals surface area contributed by atoms with Crippen LogP contribution < -0.4 is 0 Å². The van der Waals surface area contributed by atoms with Gasteiger partial charge in [0.2, 0.25) is 5.91 Å². The fraction of sp³-hybridized carbons (Fsp3) is 0.250. The Bertz CT molecular complexity index is 833. The van der Waals surface area contributed by atoms with Gasteiger partial charge in [-0.3, -0.25) is 4.79 Å². The topological polar surface area (TPSA) is 36.1 Å². The number of H-pyrrole nitrogens is 1. The third-order valence-corrected chi connectivity index (χ3v) is 4.29. The minimum atomic E-state index is 0.138. The molecular formula is C20H22N2O. The molecule has 0 unspecified atom stereocenters. The van der Waals surface area contributed by atoms with Crippen LogP contribution >= 0.6 is 0 Å². The lowest BCUT2D eigenvalue weighted by Gasteiger charge is -2.17. The molecule has 0 atom stereocenters. The van der Waals surface area contributed by atoms with Crippen LogP contribution in [0.15, 0.2) is 48.5 Å². The predicted molar refractivity (Wildman–Crippen MR) is 94.4 cm³/mol. The first-order valence-corrected chi connectivity index (χ1v) is 7.90. The molecule has 3 rings (SSSR count). The van der Waals surface area contributed by atoms with Crippen LogP contribution in [0, 0.1) is 13.8 Å². The monoisotopic (exact) mass is 306 g/mol. The largest absolute Gasteiger partial charge is 0.358 e. The van der Waals surface area contributed by atoms with Gasteiger partial charge < -0.3 is 9.88 Å². The Balaban J connectivity index is 1.80. The van der Waals surface area contributed by atoms with Crippen molar-refractivity contribution in [1.82, 2.24) is 9.88 Å². The van der Waals surface area contributed by atoms with Gasteiger partial charge >= 0.3 is 0 Å². The van der Waals surface area contributed by atoms with Gasteiger partial charge in [0.25, 0.3) is 0 Å². The van der Waals surface area contributed by atoms with Gasteiger partial charge in [-0.1, -0.05) is 42.0 Å². The Kier molecular flexibility index (Phi) is 4.20. The van der Waals surface area contributed by atoms with E-state index in [0.717, 1.165) is 27.7 Å². The minimum Gasteiger partial charge on any atom is -0.358 e. The van der Waals surface area contributed by atoms with Gasteiger partial charge in [0.05, 0.1) is 6.42 Å². The van der Waals surface area contributed by atoms with Crippen molar-refractivity contribution >= 4 is 16.8 Å². The van der Waals surface area contributed by atoms with Crippen molar-refractivity contribution in [3.05, 3.63) is 70.9 Å². The molecule has 1 heterocycles. The van der Waals surface area contributed by atoms with Crippen molar-refractivity contribution in [2.45, 2.75) is 26.8 Å². The minimum absolute atomic E-state index is 0.138. The fourth-order valence-corrected chi connectivity index (χ4v) is 2.96. The highest BCUT2D eigenvalue weighted by Crippen LogP contribution is 2.24. The normalized spacial score (nSPS) is 10.9. The van der Waals surface area contributed by atoms with Crippen LogP contribution in [-0.2, 0) is 17.8 Å². The highest BCUT2D eigenvalue weighted by molar-refractivity contribution is 5.90. The van der Waals surface area contributed by atoms with E-state index in [1.54, 1.807) is 4.90 Å². The van der Waals surface area contributed by atoms with E-state index in [0.29, 0.717) is 13.0 Å². The molecule has 1 N–H and O–H groups in total. The summed E-state index contributed by atoms with van der Waals surface area (Å²) in [6.07, 6.45) is 0.429. The molecule has 0 aliphatic carbocycles. The van der Waals surface area contributed by atoms with Crippen molar-refractivity contribution in [3.8, 4) is 0 Å². The highest BCUT2D eigenvalue weighted by atomic mass is 16.2. The SMILES string of the molecule is Cc1ccc2[nH]c(C)c(CC(=O)N(C)Cc3ccccc3)c2c1. The Morgan fingerprint density at radius 2 is 1.83 bits per heavy atom. The molecule has 3 aromatic rings. The second-order valence-electron chi connectivity index (χ2n) is 6.19. The number of benzene rings is 2. The summed E-state index contributed by atoms with van der Waals surface area (Å²) in [6, 6.07) is 16.4. The molecule has 118 valence electrons. The number of fused-ring (bicyclic) bond motifs is 1. The quantitative estimate of drug-likeness (QED) is 0.777. The van der Waals surface area contributed by atoms with Gasteiger partial charge in [0.15, 0.2) is 0 Å². The van der Waals surface area contributed by atoms with E-state index in [1.807, 2.05) is 44.3 Å². The third kappa shape index (κ3) is 3.29. The van der Waals surface area contributed by atoms with Crippen molar-refractivity contribution in [2.75, 3.05) is 7.05 Å². The van der Waals surface area contributed by atoms with Crippen LogP contribution in [0.4, 0.5) is 0 Å². The molecule has 2 aromatic carbocycles. The molecular weight excluding hydrogens is 284 g/mol. The second kappa shape index (κ2) is 6.29. The van der Waals surface area contributed by atoms with Crippen LogP contribution in [0.5, 0.6) is 0 Å². The van der Waals surface area contributed by atoms with Gasteiger partial charge in [-0.05, 0) is 37.1 Å². The Labute approximate surface area is 136 Å². The molecule has 23 heavy (non-hydrogen) atoms. The van der Waals surface area contributed by atoms with E-state index < -0.39 is 0 Å². The van der Waals surface area contributed by atoms with Crippen LogP contribution in [-0.4, -0.2) is 22.8 Å². The number of amides is 1. The number of carbonyl (C=O) groups is 1. The standard InChI is InChI=1S/C20H22N2O/c1-14-9-10-19-18(11-14)17(15(2)21-19)12-20(23)22(3)13-16-7-5-4-6-8-16/h4-11,21H,12-13H2,1-3H3. The number of likely N-dealkylation sites (N-methyl/N-ethyl adjacent to an activating group) is 1. The third-order valence-electron chi connectivity index (χ3n) is 4.29. The zero-order chi connectivity index (χ0) is 16.4. The Morgan fingerprint density at radius 3 is 2.57 bits per heavy atom. The summed E-state index contributed by atoms with van der Waals surface area (Å²) < 4.78 is 0. The molecule has 1 aromatic heterocycles. The summed E-state index contributed by atoms with van der Waals surface area (Å²) in [5.41, 5.74) is 5.64. The number of nitrogens with zero attached hydrogens (tertiary/aromatic N) is 1. The number of carbonyl (C=O) groups excluding carboxylic acids is 1. The van der Waals surface area contributed by atoms with E-state index >= 15 is 0 Å².